The molecule has 6 heterocycles. The van der Waals surface area contributed by atoms with Gasteiger partial charge in [0.15, 0.2) is 11.4 Å². The fourth-order valence-corrected chi connectivity index (χ4v) is 10.8. The molecule has 3 unspecified atom stereocenters. The first-order chi connectivity index (χ1) is 32.8. The van der Waals surface area contributed by atoms with Crippen molar-refractivity contribution in [2.45, 2.75) is 112 Å². The summed E-state index contributed by atoms with van der Waals surface area (Å²) in [5.74, 6) is -4.07. The van der Waals surface area contributed by atoms with Gasteiger partial charge in [0.05, 0.1) is 28.7 Å². The molecule has 6 aliphatic rings. The van der Waals surface area contributed by atoms with E-state index in [1.54, 1.807) is 30.9 Å². The number of piperazine rings is 1. The quantitative estimate of drug-likeness (QED) is 0.189. The number of aromatic hydroxyl groups is 2. The van der Waals surface area contributed by atoms with Gasteiger partial charge in [-0.15, -0.1) is 0 Å². The van der Waals surface area contributed by atoms with Gasteiger partial charge in [-0.1, -0.05) is 78.0 Å². The molecule has 2 fully saturated rings. The van der Waals surface area contributed by atoms with Crippen LogP contribution >= 0.6 is 0 Å². The lowest BCUT2D eigenvalue weighted by Crippen LogP contribution is -2.51. The van der Waals surface area contributed by atoms with E-state index in [-0.39, 0.29) is 67.6 Å². The summed E-state index contributed by atoms with van der Waals surface area (Å²) in [5, 5.41) is 39.5. The maximum absolute atomic E-state index is 14.8. The summed E-state index contributed by atoms with van der Waals surface area (Å²) in [4.78, 5) is 59.5. The lowest BCUT2D eigenvalue weighted by Gasteiger charge is -2.39. The van der Waals surface area contributed by atoms with Crippen molar-refractivity contribution in [2.75, 3.05) is 56.0 Å². The lowest BCUT2D eigenvalue weighted by molar-refractivity contribution is -0.112. The predicted octanol–water partition coefficient (Wildman–Crippen LogP) is 7.55. The van der Waals surface area contributed by atoms with Gasteiger partial charge in [-0.25, -0.2) is 4.79 Å². The second-order valence-corrected chi connectivity index (χ2v) is 20.7. The highest BCUT2D eigenvalue weighted by Crippen LogP contribution is 2.50. The SMILES string of the molecule is C/C1=C/C=C/C(C)C[C@@H](C)C(O)[C@@H](C)C(OC(=O)N2CCN(c3ccccc3)CC2)[C@H](C)C/C=C/O[C@@]2(C)Oc3c(C)c(O)c4c(O)c(c5c(c4c3C2=O)=NC2(CCN(CC(C)C)CC2)N=5)NC1=O. The summed E-state index contributed by atoms with van der Waals surface area (Å²) < 4.78 is 18.9. The topological polar surface area (TPSA) is 186 Å². The summed E-state index contributed by atoms with van der Waals surface area (Å²) in [6, 6.07) is 10.1. The van der Waals surface area contributed by atoms with Gasteiger partial charge in [-0.2, -0.15) is 0 Å². The first-order valence-corrected chi connectivity index (χ1v) is 24.7. The van der Waals surface area contributed by atoms with Crippen LogP contribution in [0.4, 0.5) is 16.2 Å². The Balaban J connectivity index is 1.15. The second kappa shape index (κ2) is 19.8. The highest BCUT2D eigenvalue weighted by Gasteiger charge is 2.50. The van der Waals surface area contributed by atoms with Gasteiger partial charge in [0.1, 0.15) is 28.6 Å². The number of carbonyl (C=O) groups excluding carboxylic acids is 3. The zero-order chi connectivity index (χ0) is 49.5. The fourth-order valence-electron chi connectivity index (χ4n) is 10.8. The van der Waals surface area contributed by atoms with Crippen molar-refractivity contribution in [3.63, 3.8) is 0 Å². The molecule has 3 aromatic carbocycles. The van der Waals surface area contributed by atoms with Crippen LogP contribution in [0, 0.1) is 36.5 Å². The highest BCUT2D eigenvalue weighted by atomic mass is 16.7. The van der Waals surface area contributed by atoms with Crippen molar-refractivity contribution in [3.05, 3.63) is 88.3 Å². The number of para-hydroxylation sites is 1. The Morgan fingerprint density at radius 2 is 1.61 bits per heavy atom. The molecule has 0 saturated carbocycles. The van der Waals surface area contributed by atoms with Crippen LogP contribution in [-0.2, 0) is 14.3 Å². The van der Waals surface area contributed by atoms with E-state index in [4.69, 9.17) is 24.2 Å². The van der Waals surface area contributed by atoms with Gasteiger partial charge in [0.2, 0.25) is 0 Å². The summed E-state index contributed by atoms with van der Waals surface area (Å²) in [6.45, 7) is 21.7. The normalized spacial score (nSPS) is 29.4. The van der Waals surface area contributed by atoms with Crippen LogP contribution in [0.3, 0.4) is 0 Å². The van der Waals surface area contributed by atoms with Gasteiger partial charge in [0.25, 0.3) is 11.7 Å². The molecule has 0 aromatic heterocycles. The number of allylic oxidation sites excluding steroid dienone is 4. The molecule has 0 radical (unpaired) electrons. The van der Waals surface area contributed by atoms with Crippen molar-refractivity contribution in [2.24, 2.45) is 39.6 Å². The van der Waals surface area contributed by atoms with Gasteiger partial charge < -0.3 is 49.5 Å². The minimum absolute atomic E-state index is 0.00378. The van der Waals surface area contributed by atoms with Crippen molar-refractivity contribution in [3.8, 4) is 17.2 Å². The number of amides is 2. The van der Waals surface area contributed by atoms with Gasteiger partial charge in [-0.3, -0.25) is 19.6 Å². The van der Waals surface area contributed by atoms with Gasteiger partial charge >= 0.3 is 11.9 Å². The molecule has 5 bridgehead atoms. The average Bonchev–Trinajstić information content (AvgIpc) is 3.83. The van der Waals surface area contributed by atoms with E-state index in [1.807, 2.05) is 58.0 Å². The maximum atomic E-state index is 14.8. The number of fused-ring (bicyclic) bond motifs is 13. The first-order valence-electron chi connectivity index (χ1n) is 24.7. The van der Waals surface area contributed by atoms with E-state index < -0.39 is 53.1 Å². The number of rotatable bonds is 4. The molecule has 2 saturated heterocycles. The number of aliphatic hydroxyl groups excluding tert-OH is 1. The first kappa shape index (κ1) is 49.5. The second-order valence-electron chi connectivity index (χ2n) is 20.7. The van der Waals surface area contributed by atoms with Crippen LogP contribution in [0.5, 0.6) is 17.2 Å². The number of hydrogen-bond donors (Lipinski definition) is 4. The number of piperidine rings is 1. The Morgan fingerprint density at radius 1 is 0.928 bits per heavy atom. The number of phenols is 2. The number of likely N-dealkylation sites (tertiary alicyclic amines) is 1. The highest BCUT2D eigenvalue weighted by molar-refractivity contribution is 6.19. The monoisotopic (exact) mass is 947 g/mol. The molecule has 15 heteroatoms. The molecule has 2 amide bonds. The molecular formula is C54H70N6O9. The Kier molecular flexibility index (Phi) is 14.2. The van der Waals surface area contributed by atoms with Crippen LogP contribution in [0.15, 0.2) is 76.5 Å². The predicted molar refractivity (Wildman–Crippen MR) is 265 cm³/mol. The van der Waals surface area contributed by atoms with Gasteiger partial charge in [-0.05, 0) is 68.6 Å². The number of anilines is 2. The fraction of sp³-hybridized carbons (Fsp3) is 0.537. The number of carbonyl (C=O) groups is 3. The Labute approximate surface area is 405 Å². The van der Waals surface area contributed by atoms with E-state index in [9.17, 15) is 29.7 Å². The van der Waals surface area contributed by atoms with Crippen LogP contribution in [0.25, 0.3) is 10.8 Å². The third-order valence-electron chi connectivity index (χ3n) is 14.8. The smallest absolute Gasteiger partial charge is 0.410 e. The molecule has 370 valence electrons. The van der Waals surface area contributed by atoms with E-state index >= 15 is 0 Å². The average molecular weight is 947 g/mol. The van der Waals surface area contributed by atoms with Crippen molar-refractivity contribution in [1.29, 1.82) is 0 Å². The summed E-state index contributed by atoms with van der Waals surface area (Å²) in [6.07, 6.45) is 8.81. The van der Waals surface area contributed by atoms with E-state index in [1.165, 1.54) is 13.2 Å². The number of hydrogen-bond acceptors (Lipinski definition) is 13. The largest absolute Gasteiger partial charge is 0.507 e. The standard InChI is InChI=1S/C54H70N6O9/c1-31(2)30-58-22-20-54(21-23-58)56-42-39-40-46(62)37(8)49-41(39)50(64)53(9,69-49)67-28-14-17-33(4)48(68-52(66)60-26-24-59(25-27-60)38-18-11-10-12-19-38)36(7)45(61)35(6)29-32(3)15-13-16-34(5)51(65)55-44(47(40)63)43(42)57-54/h10-16,18-19,28,31-33,35-36,45,48,61-63H,17,20-27,29-30H2,1-9H3,(H,55,65)/b15-13+,28-14+,34-16-/t32?,33-,35-,36-,45?,48?,53+/m1/s1. The minimum Gasteiger partial charge on any atom is -0.507 e. The Bertz CT molecular complexity index is 2680. The zero-order valence-corrected chi connectivity index (χ0v) is 41.6. The number of phenolic OH excluding ortho intramolecular Hbond substituents is 2. The van der Waals surface area contributed by atoms with Crippen LogP contribution in [-0.4, -0.2) is 112 Å². The number of ketones is 1. The molecule has 4 N–H and O–H groups in total. The lowest BCUT2D eigenvalue weighted by atomic mass is 9.80. The summed E-state index contributed by atoms with van der Waals surface area (Å²) in [7, 11) is 0. The third kappa shape index (κ3) is 9.81. The number of Topliss-reactive ketones (excluding diaryl/α,β-unsaturated/α-hetero) is 1. The number of aliphatic hydroxyl groups is 1. The van der Waals surface area contributed by atoms with Crippen molar-refractivity contribution in [1.82, 2.24) is 9.80 Å². The molecule has 3 aromatic rings. The van der Waals surface area contributed by atoms with Crippen molar-refractivity contribution < 1.29 is 43.9 Å². The third-order valence-corrected chi connectivity index (χ3v) is 14.8. The Morgan fingerprint density at radius 3 is 2.29 bits per heavy atom. The molecule has 69 heavy (non-hydrogen) atoms. The van der Waals surface area contributed by atoms with Crippen LogP contribution in [0.1, 0.15) is 97.0 Å². The maximum Gasteiger partial charge on any atom is 0.410 e. The molecule has 1 spiro atoms. The molecule has 9 rings (SSSR count). The number of nitrogens with zero attached hydrogens (tertiary/aromatic N) is 5. The molecule has 7 atom stereocenters. The molecule has 15 nitrogen and oxygen atoms in total. The van der Waals surface area contributed by atoms with Gasteiger partial charge in [0, 0.05) is 93.7 Å². The molecule has 0 aliphatic carbocycles. The summed E-state index contributed by atoms with van der Waals surface area (Å²) >= 11 is 0. The van der Waals surface area contributed by atoms with Crippen molar-refractivity contribution >= 4 is 39.9 Å². The van der Waals surface area contributed by atoms with E-state index in [2.05, 4.69) is 41.1 Å². The number of ether oxygens (including phenoxy) is 3. The number of nitrogens with one attached hydrogen (secondary N) is 1. The molecular weight excluding hydrogens is 877 g/mol. The number of benzene rings is 3. The Hall–Kier alpha value is -5.93. The van der Waals surface area contributed by atoms with E-state index in [0.717, 1.165) is 25.3 Å². The summed E-state index contributed by atoms with van der Waals surface area (Å²) in [5.41, 5.74) is 0.795. The van der Waals surface area contributed by atoms with E-state index in [0.29, 0.717) is 63.4 Å². The van der Waals surface area contributed by atoms with Crippen LogP contribution in [0.2, 0.25) is 0 Å². The zero-order valence-electron chi connectivity index (χ0n) is 41.6. The minimum atomic E-state index is -1.88. The molecule has 6 aliphatic heterocycles. The van der Waals surface area contributed by atoms with Crippen LogP contribution < -0.4 is 25.7 Å².